The quantitative estimate of drug-likeness (QED) is 0.366. The van der Waals surface area contributed by atoms with Gasteiger partial charge in [-0.15, -0.1) is 0 Å². The van der Waals surface area contributed by atoms with Gasteiger partial charge in [0.15, 0.2) is 0 Å². The van der Waals surface area contributed by atoms with E-state index in [4.69, 9.17) is 4.74 Å². The molecule has 0 heterocycles. The standard InChI is InChI=1S/C23H40FNO/c1-6-8-16-25(15-7-2)17-11-9-10-12-18-26-22-14-13-20(24)19-21(22)23(3,4)5/h13-14,19H,6-12,15-18H2,1-5H3. The van der Waals surface area contributed by atoms with Crippen LogP contribution >= 0.6 is 0 Å². The van der Waals surface area contributed by atoms with Crippen LogP contribution in [0.1, 0.15) is 85.1 Å². The van der Waals surface area contributed by atoms with Crippen molar-refractivity contribution >= 4 is 0 Å². The van der Waals surface area contributed by atoms with Crippen LogP contribution in [0.15, 0.2) is 18.2 Å². The maximum Gasteiger partial charge on any atom is 0.123 e. The Hall–Kier alpha value is -1.09. The number of nitrogens with zero attached hydrogens (tertiary/aromatic N) is 1. The third-order valence-corrected chi connectivity index (χ3v) is 4.74. The second kappa shape index (κ2) is 12.3. The van der Waals surface area contributed by atoms with Gasteiger partial charge in [0.25, 0.3) is 0 Å². The van der Waals surface area contributed by atoms with Crippen LogP contribution in [0.5, 0.6) is 5.75 Å². The molecule has 1 rings (SSSR count). The normalized spacial score (nSPS) is 12.0. The molecule has 1 aromatic carbocycles. The Bertz CT molecular complexity index is 495. The van der Waals surface area contributed by atoms with E-state index in [9.17, 15) is 4.39 Å². The highest BCUT2D eigenvalue weighted by molar-refractivity contribution is 5.38. The highest BCUT2D eigenvalue weighted by Crippen LogP contribution is 2.32. The molecule has 0 spiro atoms. The molecular formula is C23H40FNO. The molecular weight excluding hydrogens is 325 g/mol. The maximum atomic E-state index is 13.5. The predicted molar refractivity (Wildman–Crippen MR) is 111 cm³/mol. The maximum absolute atomic E-state index is 13.5. The van der Waals surface area contributed by atoms with Crippen LogP contribution in [-0.2, 0) is 5.41 Å². The highest BCUT2D eigenvalue weighted by atomic mass is 19.1. The zero-order valence-electron chi connectivity index (χ0n) is 17.7. The molecule has 150 valence electrons. The van der Waals surface area contributed by atoms with E-state index in [1.807, 2.05) is 0 Å². The Labute approximate surface area is 161 Å². The number of unbranched alkanes of at least 4 members (excludes halogenated alkanes) is 4. The Morgan fingerprint density at radius 1 is 0.885 bits per heavy atom. The monoisotopic (exact) mass is 365 g/mol. The van der Waals surface area contributed by atoms with Gasteiger partial charge in [0.05, 0.1) is 6.61 Å². The lowest BCUT2D eigenvalue weighted by molar-refractivity contribution is 0.259. The van der Waals surface area contributed by atoms with Crippen LogP contribution in [0.2, 0.25) is 0 Å². The molecule has 1 aromatic rings. The van der Waals surface area contributed by atoms with Gasteiger partial charge in [-0.1, -0.05) is 53.9 Å². The largest absolute Gasteiger partial charge is 0.493 e. The average Bonchev–Trinajstić information content (AvgIpc) is 2.58. The molecule has 0 N–H and O–H groups in total. The third-order valence-electron chi connectivity index (χ3n) is 4.74. The molecule has 0 saturated heterocycles. The van der Waals surface area contributed by atoms with Gasteiger partial charge in [0.1, 0.15) is 11.6 Å². The second-order valence-corrected chi connectivity index (χ2v) is 8.35. The summed E-state index contributed by atoms with van der Waals surface area (Å²) in [6.45, 7) is 15.2. The Morgan fingerprint density at radius 2 is 1.58 bits per heavy atom. The van der Waals surface area contributed by atoms with Crippen LogP contribution in [0.4, 0.5) is 4.39 Å². The highest BCUT2D eigenvalue weighted by Gasteiger charge is 2.19. The summed E-state index contributed by atoms with van der Waals surface area (Å²) in [6.07, 6.45) is 8.60. The number of halogens is 1. The third kappa shape index (κ3) is 9.02. The molecule has 0 aromatic heterocycles. The van der Waals surface area contributed by atoms with Crippen LogP contribution in [0.25, 0.3) is 0 Å². The van der Waals surface area contributed by atoms with Gasteiger partial charge in [-0.25, -0.2) is 4.39 Å². The van der Waals surface area contributed by atoms with Crippen molar-refractivity contribution in [2.24, 2.45) is 0 Å². The lowest BCUT2D eigenvalue weighted by atomic mass is 9.86. The van der Waals surface area contributed by atoms with E-state index in [0.717, 1.165) is 17.7 Å². The van der Waals surface area contributed by atoms with E-state index >= 15 is 0 Å². The minimum atomic E-state index is -0.193. The molecule has 0 amide bonds. The van der Waals surface area contributed by atoms with Crippen LogP contribution in [0, 0.1) is 5.82 Å². The number of hydrogen-bond acceptors (Lipinski definition) is 2. The first-order valence-electron chi connectivity index (χ1n) is 10.5. The Kier molecular flexibility index (Phi) is 10.9. The molecule has 0 unspecified atom stereocenters. The van der Waals surface area contributed by atoms with Crippen molar-refractivity contribution in [1.82, 2.24) is 4.90 Å². The predicted octanol–water partition coefficient (Wildman–Crippen LogP) is 6.57. The Morgan fingerprint density at radius 3 is 2.23 bits per heavy atom. The summed E-state index contributed by atoms with van der Waals surface area (Å²) in [5, 5.41) is 0. The Balaban J connectivity index is 2.27. The summed E-state index contributed by atoms with van der Waals surface area (Å²) < 4.78 is 19.5. The van der Waals surface area contributed by atoms with E-state index in [2.05, 4.69) is 39.5 Å². The lowest BCUT2D eigenvalue weighted by Crippen LogP contribution is -2.26. The molecule has 0 atom stereocenters. The number of ether oxygens (including phenoxy) is 1. The summed E-state index contributed by atoms with van der Waals surface area (Å²) in [6, 6.07) is 4.86. The van der Waals surface area contributed by atoms with Gasteiger partial charge in [-0.2, -0.15) is 0 Å². The van der Waals surface area contributed by atoms with Crippen molar-refractivity contribution in [2.45, 2.75) is 85.0 Å². The first kappa shape index (κ1) is 23.0. The average molecular weight is 366 g/mol. The van der Waals surface area contributed by atoms with Gasteiger partial charge in [-0.05, 0) is 68.9 Å². The van der Waals surface area contributed by atoms with Gasteiger partial charge in [0.2, 0.25) is 0 Å². The van der Waals surface area contributed by atoms with Crippen molar-refractivity contribution < 1.29 is 9.13 Å². The minimum absolute atomic E-state index is 0.112. The van der Waals surface area contributed by atoms with Crippen molar-refractivity contribution in [3.05, 3.63) is 29.6 Å². The van der Waals surface area contributed by atoms with Crippen molar-refractivity contribution in [3.63, 3.8) is 0 Å². The van der Waals surface area contributed by atoms with Crippen LogP contribution < -0.4 is 4.74 Å². The van der Waals surface area contributed by atoms with Gasteiger partial charge < -0.3 is 9.64 Å². The SMILES string of the molecule is CCCCN(CCC)CCCCCCOc1ccc(F)cc1C(C)(C)C. The minimum Gasteiger partial charge on any atom is -0.493 e. The fraction of sp³-hybridized carbons (Fsp3) is 0.739. The van der Waals surface area contributed by atoms with E-state index in [0.29, 0.717) is 6.61 Å². The fourth-order valence-electron chi connectivity index (χ4n) is 3.22. The summed E-state index contributed by atoms with van der Waals surface area (Å²) in [4.78, 5) is 2.61. The van der Waals surface area contributed by atoms with Gasteiger partial charge in [0, 0.05) is 5.56 Å². The molecule has 0 aliphatic rings. The first-order chi connectivity index (χ1) is 12.4. The molecule has 0 aliphatic heterocycles. The molecule has 0 fully saturated rings. The summed E-state index contributed by atoms with van der Waals surface area (Å²) in [5.41, 5.74) is 0.835. The topological polar surface area (TPSA) is 12.5 Å². The number of rotatable bonds is 13. The van der Waals surface area contributed by atoms with Crippen molar-refractivity contribution in [1.29, 1.82) is 0 Å². The molecule has 3 heteroatoms. The number of benzene rings is 1. The molecule has 0 saturated carbocycles. The van der Waals surface area contributed by atoms with Crippen LogP contribution in [0.3, 0.4) is 0 Å². The van der Waals surface area contributed by atoms with Gasteiger partial charge >= 0.3 is 0 Å². The second-order valence-electron chi connectivity index (χ2n) is 8.35. The number of hydrogen-bond donors (Lipinski definition) is 0. The zero-order valence-corrected chi connectivity index (χ0v) is 17.7. The fourth-order valence-corrected chi connectivity index (χ4v) is 3.22. The van der Waals surface area contributed by atoms with E-state index in [-0.39, 0.29) is 11.2 Å². The molecule has 0 aliphatic carbocycles. The molecule has 26 heavy (non-hydrogen) atoms. The van der Waals surface area contributed by atoms with E-state index in [1.54, 1.807) is 12.1 Å². The van der Waals surface area contributed by atoms with Crippen molar-refractivity contribution in [2.75, 3.05) is 26.2 Å². The summed E-state index contributed by atoms with van der Waals surface area (Å²) in [5.74, 6) is 0.634. The van der Waals surface area contributed by atoms with Crippen molar-refractivity contribution in [3.8, 4) is 5.75 Å². The smallest absolute Gasteiger partial charge is 0.123 e. The lowest BCUT2D eigenvalue weighted by Gasteiger charge is -2.23. The summed E-state index contributed by atoms with van der Waals surface area (Å²) in [7, 11) is 0. The van der Waals surface area contributed by atoms with E-state index < -0.39 is 0 Å². The van der Waals surface area contributed by atoms with Gasteiger partial charge in [-0.3, -0.25) is 0 Å². The molecule has 0 bridgehead atoms. The zero-order chi connectivity index (χ0) is 19.4. The molecule has 2 nitrogen and oxygen atoms in total. The van der Waals surface area contributed by atoms with Crippen LogP contribution in [-0.4, -0.2) is 31.1 Å². The summed E-state index contributed by atoms with van der Waals surface area (Å²) >= 11 is 0. The first-order valence-corrected chi connectivity index (χ1v) is 10.5. The molecule has 0 radical (unpaired) electrons. The van der Waals surface area contributed by atoms with E-state index in [1.165, 1.54) is 64.2 Å².